The minimum absolute atomic E-state index is 0.543. The number of ketones is 3. The van der Waals surface area contributed by atoms with Gasteiger partial charge in [0.25, 0.3) is 0 Å². The maximum absolute atomic E-state index is 12.4. The van der Waals surface area contributed by atoms with Crippen molar-refractivity contribution in [1.29, 1.82) is 0 Å². The van der Waals surface area contributed by atoms with Gasteiger partial charge in [0.05, 0.1) is 0 Å². The lowest BCUT2D eigenvalue weighted by atomic mass is 9.70. The van der Waals surface area contributed by atoms with Crippen LogP contribution in [0.2, 0.25) is 0 Å². The van der Waals surface area contributed by atoms with Gasteiger partial charge >= 0.3 is 0 Å². The van der Waals surface area contributed by atoms with E-state index in [9.17, 15) is 29.7 Å². The van der Waals surface area contributed by atoms with Gasteiger partial charge in [-0.25, -0.2) is 0 Å². The Morgan fingerprint density at radius 1 is 1.14 bits per heavy atom. The van der Waals surface area contributed by atoms with Crippen LogP contribution in [0.25, 0.3) is 10.4 Å². The van der Waals surface area contributed by atoms with Gasteiger partial charge in [0.1, 0.15) is 23.7 Å². The highest BCUT2D eigenvalue weighted by Crippen LogP contribution is 2.46. The molecule has 1 aromatic rings. The largest absolute Gasteiger partial charge is 0.382 e. The molecule has 3 N–H and O–H groups in total. The lowest BCUT2D eigenvalue weighted by Gasteiger charge is -2.53. The molecule has 0 radical (unpaired) electrons. The number of nitrogens with zero attached hydrogens (tertiary/aromatic N) is 3. The first-order valence-corrected chi connectivity index (χ1v) is 9.45. The molecule has 1 aliphatic rings. The van der Waals surface area contributed by atoms with Crippen LogP contribution in [0.5, 0.6) is 0 Å². The minimum Gasteiger partial charge on any atom is -0.382 e. The summed E-state index contributed by atoms with van der Waals surface area (Å²) in [5.74, 6) is -2.81. The van der Waals surface area contributed by atoms with E-state index in [0.717, 1.165) is 32.5 Å². The Hall–Kier alpha value is -2.27. The summed E-state index contributed by atoms with van der Waals surface area (Å²) >= 11 is 0.854. The maximum Gasteiger partial charge on any atom is 0.170 e. The smallest absolute Gasteiger partial charge is 0.170 e. The number of benzene rings is 1. The zero-order chi connectivity index (χ0) is 22.0. The molecule has 0 amide bonds. The van der Waals surface area contributed by atoms with Gasteiger partial charge in [-0.1, -0.05) is 35.1 Å². The van der Waals surface area contributed by atoms with Gasteiger partial charge in [-0.2, -0.15) is 0 Å². The molecule has 156 valence electrons. The van der Waals surface area contributed by atoms with Crippen LogP contribution < -0.4 is 0 Å². The summed E-state index contributed by atoms with van der Waals surface area (Å²) in [5, 5.41) is 36.0. The highest BCUT2D eigenvalue weighted by molar-refractivity contribution is 7.99. The Labute approximate surface area is 170 Å². The lowest BCUT2D eigenvalue weighted by molar-refractivity contribution is -0.246. The van der Waals surface area contributed by atoms with Crippen LogP contribution >= 0.6 is 11.8 Å². The third-order valence-corrected chi connectivity index (χ3v) is 6.11. The second-order valence-electron chi connectivity index (χ2n) is 6.75. The van der Waals surface area contributed by atoms with Gasteiger partial charge in [0, 0.05) is 9.81 Å². The number of Topliss-reactive ketones (excluding diaryl/α,β-unsaturated/α-hetero) is 3. The van der Waals surface area contributed by atoms with Gasteiger partial charge < -0.3 is 20.1 Å². The summed E-state index contributed by atoms with van der Waals surface area (Å²) in [4.78, 5) is 39.7. The number of ether oxygens (including phenoxy) is 1. The van der Waals surface area contributed by atoms with Crippen LogP contribution in [-0.4, -0.2) is 67.6 Å². The molecule has 2 rings (SSSR count). The molecule has 29 heavy (non-hydrogen) atoms. The zero-order valence-electron chi connectivity index (χ0n) is 15.9. The fourth-order valence-electron chi connectivity index (χ4n) is 3.21. The highest BCUT2D eigenvalue weighted by Gasteiger charge is 2.68. The van der Waals surface area contributed by atoms with Crippen LogP contribution in [-0.2, 0) is 19.1 Å². The van der Waals surface area contributed by atoms with E-state index in [4.69, 9.17) is 10.3 Å². The van der Waals surface area contributed by atoms with Crippen molar-refractivity contribution in [3.63, 3.8) is 0 Å². The summed E-state index contributed by atoms with van der Waals surface area (Å²) in [7, 11) is 0. The SMILES string of the molecule is CC(=O)C(O)[C@H]1O[C@@H](Sc2ccccc2)[C@@](O)(C(C)=O)[C@H](N=[N+]=[N-])[C@]1(O)C(C)=O. The van der Waals surface area contributed by atoms with Gasteiger partial charge in [0.15, 0.2) is 28.6 Å². The number of hydrogen-bond acceptors (Lipinski definition) is 9. The van der Waals surface area contributed by atoms with Crippen molar-refractivity contribution in [2.75, 3.05) is 0 Å². The van der Waals surface area contributed by atoms with Crippen molar-refractivity contribution >= 4 is 29.1 Å². The van der Waals surface area contributed by atoms with Gasteiger partial charge in [-0.15, -0.1) is 0 Å². The van der Waals surface area contributed by atoms with E-state index in [2.05, 4.69) is 10.0 Å². The summed E-state index contributed by atoms with van der Waals surface area (Å²) in [5.41, 5.74) is 2.04. The standard InChI is InChI=1S/C18H21N3O7S/c1-9(22)13(25)14-17(26,10(2)23)15(20-21-19)18(27,11(3)24)16(28-14)29-12-7-5-4-6-8-12/h4-8,13-16,25-27H,1-3H3/t13?,14-,15-,16+,17+,18-/m1/s1. The van der Waals surface area contributed by atoms with Crippen molar-refractivity contribution in [3.8, 4) is 0 Å². The van der Waals surface area contributed by atoms with Gasteiger partial charge in [-0.3, -0.25) is 14.4 Å². The maximum atomic E-state index is 12.4. The lowest BCUT2D eigenvalue weighted by Crippen LogP contribution is -2.77. The molecule has 6 atom stereocenters. The summed E-state index contributed by atoms with van der Waals surface area (Å²) in [6, 6.07) is 6.37. The molecule has 11 heteroatoms. The van der Waals surface area contributed by atoms with Crippen molar-refractivity contribution < 1.29 is 34.4 Å². The number of azide groups is 1. The van der Waals surface area contributed by atoms with Crippen LogP contribution in [0.4, 0.5) is 0 Å². The average Bonchev–Trinajstić information content (AvgIpc) is 2.67. The zero-order valence-corrected chi connectivity index (χ0v) is 16.7. The molecule has 10 nitrogen and oxygen atoms in total. The number of carbonyl (C=O) groups is 3. The quantitative estimate of drug-likeness (QED) is 0.328. The highest BCUT2D eigenvalue weighted by atomic mass is 32.2. The van der Waals surface area contributed by atoms with Gasteiger partial charge in [0.2, 0.25) is 0 Å². The number of aliphatic hydroxyl groups is 3. The molecule has 0 aliphatic carbocycles. The Morgan fingerprint density at radius 2 is 1.69 bits per heavy atom. The number of aliphatic hydroxyl groups excluding tert-OH is 1. The fraction of sp³-hybridized carbons (Fsp3) is 0.500. The normalized spacial score (nSPS) is 32.7. The van der Waals surface area contributed by atoms with Crippen LogP contribution in [0.3, 0.4) is 0 Å². The van der Waals surface area contributed by atoms with Gasteiger partial charge in [-0.05, 0) is 38.4 Å². The monoisotopic (exact) mass is 423 g/mol. The third kappa shape index (κ3) is 3.93. The first-order chi connectivity index (χ1) is 13.5. The van der Waals surface area contributed by atoms with Crippen molar-refractivity contribution in [3.05, 3.63) is 40.8 Å². The molecule has 0 aromatic heterocycles. The number of hydrogen-bond donors (Lipinski definition) is 3. The van der Waals surface area contributed by atoms with Crippen molar-refractivity contribution in [2.45, 2.75) is 60.6 Å². The molecular formula is C18H21N3O7S. The topological polar surface area (TPSA) is 170 Å². The van der Waals surface area contributed by atoms with E-state index < -0.39 is 52.2 Å². The first kappa shape index (κ1) is 23.0. The molecule has 1 fully saturated rings. The summed E-state index contributed by atoms with van der Waals surface area (Å²) < 4.78 is 5.61. The summed E-state index contributed by atoms with van der Waals surface area (Å²) in [6.07, 6.45) is -3.86. The predicted octanol–water partition coefficient (Wildman–Crippen LogP) is 0.773. The predicted molar refractivity (Wildman–Crippen MR) is 102 cm³/mol. The molecule has 1 heterocycles. The van der Waals surface area contributed by atoms with E-state index in [-0.39, 0.29) is 0 Å². The molecule has 0 saturated carbocycles. The molecular weight excluding hydrogens is 402 g/mol. The fourth-order valence-corrected chi connectivity index (χ4v) is 4.42. The molecule has 1 saturated heterocycles. The first-order valence-electron chi connectivity index (χ1n) is 8.57. The Bertz CT molecular complexity index is 860. The molecule has 1 aromatic carbocycles. The summed E-state index contributed by atoms with van der Waals surface area (Å²) in [6.45, 7) is 2.92. The van der Waals surface area contributed by atoms with Crippen LogP contribution in [0, 0.1) is 0 Å². The number of rotatable bonds is 7. The molecule has 0 spiro atoms. The molecule has 0 bridgehead atoms. The van der Waals surface area contributed by atoms with E-state index in [1.165, 1.54) is 0 Å². The molecule has 1 unspecified atom stereocenters. The second kappa shape index (κ2) is 8.62. The van der Waals surface area contributed by atoms with Crippen molar-refractivity contribution in [2.24, 2.45) is 5.11 Å². The minimum atomic E-state index is -2.83. The average molecular weight is 423 g/mol. The number of carbonyl (C=O) groups excluding carboxylic acids is 3. The second-order valence-corrected chi connectivity index (χ2v) is 7.88. The van der Waals surface area contributed by atoms with Crippen molar-refractivity contribution in [1.82, 2.24) is 0 Å². The molecule has 1 aliphatic heterocycles. The van der Waals surface area contributed by atoms with Crippen LogP contribution in [0.15, 0.2) is 40.3 Å². The Morgan fingerprint density at radius 3 is 2.14 bits per heavy atom. The third-order valence-electron chi connectivity index (χ3n) is 4.88. The number of thioether (sulfide) groups is 1. The van der Waals surface area contributed by atoms with Crippen LogP contribution in [0.1, 0.15) is 20.8 Å². The van der Waals surface area contributed by atoms with E-state index in [1.54, 1.807) is 30.3 Å². The van der Waals surface area contributed by atoms with E-state index in [0.29, 0.717) is 4.90 Å². The Balaban J connectivity index is 2.71. The van der Waals surface area contributed by atoms with E-state index in [1.807, 2.05) is 0 Å². The van der Waals surface area contributed by atoms with E-state index >= 15 is 0 Å². The Kier molecular flexibility index (Phi) is 6.84.